The van der Waals surface area contributed by atoms with E-state index in [0.717, 1.165) is 0 Å². The summed E-state index contributed by atoms with van der Waals surface area (Å²) in [6.45, 7) is 5.17. The van der Waals surface area contributed by atoms with Gasteiger partial charge in [0, 0.05) is 5.02 Å². The fourth-order valence-corrected chi connectivity index (χ4v) is 2.82. The number of ether oxygens (including phenoxy) is 2. The molecule has 0 aliphatic heterocycles. The molecule has 30 heavy (non-hydrogen) atoms. The topological polar surface area (TPSA) is 82.5 Å². The first kappa shape index (κ1) is 21.4. The molecule has 0 aliphatic carbocycles. The van der Waals surface area contributed by atoms with Crippen LogP contribution in [-0.2, 0) is 9.53 Å². The van der Waals surface area contributed by atoms with Gasteiger partial charge in [-0.05, 0) is 57.2 Å². The van der Waals surface area contributed by atoms with Crippen molar-refractivity contribution < 1.29 is 19.1 Å². The molecule has 0 fully saturated rings. The quantitative estimate of drug-likeness (QED) is 0.561. The number of amides is 1. The molecule has 1 N–H and O–H groups in total. The van der Waals surface area contributed by atoms with Gasteiger partial charge in [0.2, 0.25) is 0 Å². The van der Waals surface area contributed by atoms with Crippen LogP contribution in [0.1, 0.15) is 31.1 Å². The normalized spacial score (nSPS) is 11.1. The fraction of sp³-hybridized carbons (Fsp3) is 0.227. The van der Waals surface area contributed by atoms with Crippen LogP contribution in [0.2, 0.25) is 5.02 Å². The summed E-state index contributed by atoms with van der Waals surface area (Å²) in [6, 6.07) is 15.9. The van der Waals surface area contributed by atoms with Gasteiger partial charge >= 0.3 is 5.97 Å². The number of halogens is 1. The van der Waals surface area contributed by atoms with E-state index in [4.69, 9.17) is 21.1 Å². The van der Waals surface area contributed by atoms with Gasteiger partial charge in [-0.15, -0.1) is 0 Å². The Hall–Kier alpha value is -3.32. The molecule has 8 heteroatoms. The van der Waals surface area contributed by atoms with E-state index in [1.54, 1.807) is 45.0 Å². The van der Waals surface area contributed by atoms with Crippen molar-refractivity contribution in [2.24, 2.45) is 0 Å². The van der Waals surface area contributed by atoms with Gasteiger partial charge in [-0.25, -0.2) is 9.48 Å². The van der Waals surface area contributed by atoms with Gasteiger partial charge in [-0.2, -0.15) is 5.10 Å². The summed E-state index contributed by atoms with van der Waals surface area (Å²) >= 11 is 5.90. The Balaban J connectivity index is 1.91. The second kappa shape index (κ2) is 9.00. The smallest absolute Gasteiger partial charge is 0.343 e. The van der Waals surface area contributed by atoms with E-state index in [2.05, 4.69) is 10.4 Å². The molecule has 1 aromatic heterocycles. The van der Waals surface area contributed by atoms with E-state index in [1.165, 1.54) is 10.9 Å². The summed E-state index contributed by atoms with van der Waals surface area (Å²) in [6.07, 6.45) is 1.37. The van der Waals surface area contributed by atoms with Crippen LogP contribution in [0.25, 0.3) is 5.69 Å². The van der Waals surface area contributed by atoms with Crippen LogP contribution in [0.3, 0.4) is 0 Å². The van der Waals surface area contributed by atoms with Crippen molar-refractivity contribution >= 4 is 29.3 Å². The fourth-order valence-electron chi connectivity index (χ4n) is 2.69. The average molecular weight is 428 g/mol. The SMILES string of the molecule is CCOC(=O)c1cnn(-c2ccccc2)c1NC(=O)C(C)(C)Oc1ccc(Cl)cc1. The maximum absolute atomic E-state index is 13.1. The number of carbonyl (C=O) groups excluding carboxylic acids is 2. The Bertz CT molecular complexity index is 1030. The number of benzene rings is 2. The Morgan fingerprint density at radius 3 is 2.40 bits per heavy atom. The lowest BCUT2D eigenvalue weighted by Gasteiger charge is -2.25. The number of nitrogens with one attached hydrogen (secondary N) is 1. The highest BCUT2D eigenvalue weighted by molar-refractivity contribution is 6.30. The predicted molar refractivity (Wildman–Crippen MR) is 114 cm³/mol. The highest BCUT2D eigenvalue weighted by atomic mass is 35.5. The third kappa shape index (κ3) is 4.80. The molecule has 1 heterocycles. The summed E-state index contributed by atoms with van der Waals surface area (Å²) < 4.78 is 12.4. The van der Waals surface area contributed by atoms with Crippen molar-refractivity contribution in [1.29, 1.82) is 0 Å². The Kier molecular flexibility index (Phi) is 6.42. The molecule has 0 radical (unpaired) electrons. The van der Waals surface area contributed by atoms with Gasteiger partial charge in [0.1, 0.15) is 11.3 Å². The maximum Gasteiger partial charge on any atom is 0.343 e. The first-order valence-corrected chi connectivity index (χ1v) is 9.76. The van der Waals surface area contributed by atoms with E-state index in [9.17, 15) is 9.59 Å². The summed E-state index contributed by atoms with van der Waals surface area (Å²) in [4.78, 5) is 25.5. The van der Waals surface area contributed by atoms with E-state index < -0.39 is 17.5 Å². The minimum atomic E-state index is -1.24. The molecule has 0 atom stereocenters. The lowest BCUT2D eigenvalue weighted by molar-refractivity contribution is -0.128. The Labute approximate surface area is 179 Å². The van der Waals surface area contributed by atoms with Gasteiger partial charge in [0.05, 0.1) is 18.5 Å². The first-order valence-electron chi connectivity index (χ1n) is 9.38. The largest absolute Gasteiger partial charge is 0.478 e. The molecule has 0 aliphatic rings. The molecule has 2 aromatic carbocycles. The number of anilines is 1. The highest BCUT2D eigenvalue weighted by Crippen LogP contribution is 2.25. The van der Waals surface area contributed by atoms with Crippen LogP contribution in [0.15, 0.2) is 60.8 Å². The zero-order chi connectivity index (χ0) is 21.7. The summed E-state index contributed by atoms with van der Waals surface area (Å²) in [7, 11) is 0. The van der Waals surface area contributed by atoms with Crippen molar-refractivity contribution in [2.45, 2.75) is 26.4 Å². The van der Waals surface area contributed by atoms with Crippen molar-refractivity contribution in [1.82, 2.24) is 9.78 Å². The number of aromatic nitrogens is 2. The van der Waals surface area contributed by atoms with Crippen LogP contribution in [0.5, 0.6) is 5.75 Å². The minimum absolute atomic E-state index is 0.149. The zero-order valence-electron chi connectivity index (χ0n) is 16.9. The Morgan fingerprint density at radius 2 is 1.77 bits per heavy atom. The molecule has 0 bridgehead atoms. The number of rotatable bonds is 7. The monoisotopic (exact) mass is 427 g/mol. The van der Waals surface area contributed by atoms with E-state index in [-0.39, 0.29) is 18.0 Å². The van der Waals surface area contributed by atoms with Gasteiger partial charge in [-0.1, -0.05) is 29.8 Å². The van der Waals surface area contributed by atoms with Crippen LogP contribution in [-0.4, -0.2) is 33.9 Å². The van der Waals surface area contributed by atoms with Gasteiger partial charge in [0.15, 0.2) is 11.4 Å². The number of carbonyl (C=O) groups is 2. The van der Waals surface area contributed by atoms with Gasteiger partial charge in [-0.3, -0.25) is 4.79 Å². The summed E-state index contributed by atoms with van der Waals surface area (Å²) in [5, 5.41) is 7.61. The number of esters is 1. The lowest BCUT2D eigenvalue weighted by atomic mass is 10.1. The molecule has 7 nitrogen and oxygen atoms in total. The van der Waals surface area contributed by atoms with Gasteiger partial charge in [0.25, 0.3) is 5.91 Å². The zero-order valence-corrected chi connectivity index (χ0v) is 17.6. The van der Waals surface area contributed by atoms with E-state index >= 15 is 0 Å². The second-order valence-corrected chi connectivity index (χ2v) is 7.33. The number of hydrogen-bond acceptors (Lipinski definition) is 5. The molecule has 0 saturated heterocycles. The van der Waals surface area contributed by atoms with E-state index in [1.807, 2.05) is 30.3 Å². The second-order valence-electron chi connectivity index (χ2n) is 6.90. The van der Waals surface area contributed by atoms with Crippen molar-refractivity contribution in [2.75, 3.05) is 11.9 Å². The summed E-state index contributed by atoms with van der Waals surface area (Å²) in [5.74, 6) is -0.341. The first-order chi connectivity index (χ1) is 14.3. The molecular formula is C22H22ClN3O4. The number of nitrogens with zero attached hydrogens (tertiary/aromatic N) is 2. The third-order valence-corrected chi connectivity index (χ3v) is 4.48. The third-order valence-electron chi connectivity index (χ3n) is 4.23. The molecule has 0 unspecified atom stereocenters. The predicted octanol–water partition coefficient (Wildman–Crippen LogP) is 4.50. The van der Waals surface area contributed by atoms with Crippen LogP contribution >= 0.6 is 11.6 Å². The standard InChI is InChI=1S/C22H22ClN3O4/c1-4-29-20(27)18-14-24-26(16-8-6-5-7-9-16)19(18)25-21(28)22(2,3)30-17-12-10-15(23)11-13-17/h5-14H,4H2,1-3H3,(H,25,28). The number of para-hydroxylation sites is 1. The molecule has 3 aromatic rings. The molecule has 1 amide bonds. The molecule has 156 valence electrons. The Morgan fingerprint density at radius 1 is 1.10 bits per heavy atom. The van der Waals surface area contributed by atoms with Crippen molar-refractivity contribution in [3.8, 4) is 11.4 Å². The molecule has 3 rings (SSSR count). The maximum atomic E-state index is 13.1. The molecule has 0 spiro atoms. The van der Waals surface area contributed by atoms with Crippen LogP contribution in [0, 0.1) is 0 Å². The molecular weight excluding hydrogens is 406 g/mol. The highest BCUT2D eigenvalue weighted by Gasteiger charge is 2.32. The lowest BCUT2D eigenvalue weighted by Crippen LogP contribution is -2.43. The number of hydrogen-bond donors (Lipinski definition) is 1. The van der Waals surface area contributed by atoms with Crippen molar-refractivity contribution in [3.05, 3.63) is 71.4 Å². The van der Waals surface area contributed by atoms with Crippen LogP contribution < -0.4 is 10.1 Å². The van der Waals surface area contributed by atoms with E-state index in [0.29, 0.717) is 16.5 Å². The van der Waals surface area contributed by atoms with Crippen LogP contribution in [0.4, 0.5) is 5.82 Å². The van der Waals surface area contributed by atoms with Crippen molar-refractivity contribution in [3.63, 3.8) is 0 Å². The van der Waals surface area contributed by atoms with Gasteiger partial charge < -0.3 is 14.8 Å². The average Bonchev–Trinajstić information content (AvgIpc) is 3.14. The minimum Gasteiger partial charge on any atom is -0.478 e. The summed E-state index contributed by atoms with van der Waals surface area (Å²) in [5.41, 5.74) is -0.415. The molecule has 0 saturated carbocycles.